The number of carbonyl (C=O) groups is 1. The molecule has 1 fully saturated rings. The van der Waals surface area contributed by atoms with Gasteiger partial charge < -0.3 is 10.1 Å². The molecule has 1 aliphatic heterocycles. The summed E-state index contributed by atoms with van der Waals surface area (Å²) in [6, 6.07) is 6.07. The van der Waals surface area contributed by atoms with Crippen molar-refractivity contribution in [3.63, 3.8) is 0 Å². The summed E-state index contributed by atoms with van der Waals surface area (Å²) in [5, 5.41) is 2.85. The highest BCUT2D eigenvalue weighted by molar-refractivity contribution is 7.89. The number of sulfonamides is 1. The van der Waals surface area contributed by atoms with E-state index in [2.05, 4.69) is 24.1 Å². The van der Waals surface area contributed by atoms with Gasteiger partial charge in [-0.15, -0.1) is 0 Å². The van der Waals surface area contributed by atoms with Gasteiger partial charge in [-0.2, -0.15) is 0 Å². The summed E-state index contributed by atoms with van der Waals surface area (Å²) in [5.41, 5.74) is 0.322. The minimum Gasteiger partial charge on any atom is -0.374 e. The number of rotatable bonds is 7. The van der Waals surface area contributed by atoms with Crippen molar-refractivity contribution in [1.29, 1.82) is 0 Å². The molecule has 0 radical (unpaired) electrons. The summed E-state index contributed by atoms with van der Waals surface area (Å²) >= 11 is 0. The third kappa shape index (κ3) is 5.51. The molecular formula is C18H29N3O4S. The zero-order valence-electron chi connectivity index (χ0n) is 15.9. The molecule has 1 amide bonds. The Hall–Kier alpha value is -1.48. The minimum atomic E-state index is -3.57. The first kappa shape index (κ1) is 20.8. The lowest BCUT2D eigenvalue weighted by molar-refractivity contribution is -0.0295. The largest absolute Gasteiger partial charge is 0.374 e. The molecule has 1 aromatic carbocycles. The highest BCUT2D eigenvalue weighted by Crippen LogP contribution is 2.15. The fraction of sp³-hybridized carbons (Fsp3) is 0.611. The van der Waals surface area contributed by atoms with Crippen LogP contribution >= 0.6 is 0 Å². The molecule has 1 N–H and O–H groups in total. The number of hydrogen-bond acceptors (Lipinski definition) is 5. The van der Waals surface area contributed by atoms with Crippen LogP contribution in [-0.2, 0) is 14.8 Å². The number of hydrogen-bond donors (Lipinski definition) is 1. The van der Waals surface area contributed by atoms with E-state index in [9.17, 15) is 13.2 Å². The lowest BCUT2D eigenvalue weighted by Gasteiger charge is -2.33. The number of amides is 1. The SMILES string of the molecule is CC(C)CN1CCO[C@@H](CNC(=O)c2cccc(S(=O)(=O)N(C)C)c2)C1. The molecule has 0 aliphatic carbocycles. The molecule has 146 valence electrons. The van der Waals surface area contributed by atoms with Gasteiger partial charge in [-0.25, -0.2) is 12.7 Å². The Morgan fingerprint density at radius 2 is 2.12 bits per heavy atom. The summed E-state index contributed by atoms with van der Waals surface area (Å²) in [7, 11) is -0.638. The predicted molar refractivity (Wildman–Crippen MR) is 101 cm³/mol. The minimum absolute atomic E-state index is 0.0554. The standard InChI is InChI=1S/C18H29N3O4S/c1-14(2)12-21-8-9-25-16(13-21)11-19-18(22)15-6-5-7-17(10-15)26(23,24)20(3)4/h5-7,10,14,16H,8-9,11-13H2,1-4H3,(H,19,22)/t16-/m0/s1. The van der Waals surface area contributed by atoms with E-state index >= 15 is 0 Å². The van der Waals surface area contributed by atoms with Crippen molar-refractivity contribution in [1.82, 2.24) is 14.5 Å². The number of benzene rings is 1. The van der Waals surface area contributed by atoms with Crippen LogP contribution < -0.4 is 5.32 Å². The fourth-order valence-corrected chi connectivity index (χ4v) is 3.85. The van der Waals surface area contributed by atoms with Gasteiger partial charge in [0, 0.05) is 45.8 Å². The molecule has 0 unspecified atom stereocenters. The van der Waals surface area contributed by atoms with Gasteiger partial charge in [0.1, 0.15) is 0 Å². The van der Waals surface area contributed by atoms with Crippen molar-refractivity contribution in [3.05, 3.63) is 29.8 Å². The predicted octanol–water partition coefficient (Wildman–Crippen LogP) is 1.02. The molecule has 1 aromatic rings. The second kappa shape index (κ2) is 8.94. The van der Waals surface area contributed by atoms with Crippen molar-refractivity contribution in [2.45, 2.75) is 24.8 Å². The molecule has 26 heavy (non-hydrogen) atoms. The molecule has 0 bridgehead atoms. The molecule has 0 aromatic heterocycles. The molecule has 1 atom stereocenters. The van der Waals surface area contributed by atoms with E-state index in [0.717, 1.165) is 23.9 Å². The maximum absolute atomic E-state index is 12.4. The maximum atomic E-state index is 12.4. The second-order valence-electron chi connectivity index (χ2n) is 7.17. The maximum Gasteiger partial charge on any atom is 0.251 e. The molecule has 0 spiro atoms. The van der Waals surface area contributed by atoms with Gasteiger partial charge >= 0.3 is 0 Å². The smallest absolute Gasteiger partial charge is 0.251 e. The fourth-order valence-electron chi connectivity index (χ4n) is 2.90. The van der Waals surface area contributed by atoms with E-state index < -0.39 is 10.0 Å². The summed E-state index contributed by atoms with van der Waals surface area (Å²) in [5.74, 6) is 0.287. The van der Waals surface area contributed by atoms with Crippen LogP contribution in [0.5, 0.6) is 0 Å². The average Bonchev–Trinajstić information content (AvgIpc) is 2.59. The van der Waals surface area contributed by atoms with Gasteiger partial charge in [-0.3, -0.25) is 9.69 Å². The van der Waals surface area contributed by atoms with Gasteiger partial charge in [-0.1, -0.05) is 19.9 Å². The Bertz CT molecular complexity index is 719. The average molecular weight is 384 g/mol. The lowest BCUT2D eigenvalue weighted by Crippen LogP contribution is -2.48. The van der Waals surface area contributed by atoms with Crippen LogP contribution in [0.3, 0.4) is 0 Å². The van der Waals surface area contributed by atoms with Crippen molar-refractivity contribution in [3.8, 4) is 0 Å². The van der Waals surface area contributed by atoms with E-state index in [0.29, 0.717) is 24.6 Å². The Kier molecular flexibility index (Phi) is 7.16. The Morgan fingerprint density at radius 3 is 2.77 bits per heavy atom. The van der Waals surface area contributed by atoms with Crippen molar-refractivity contribution in [2.75, 3.05) is 46.9 Å². The van der Waals surface area contributed by atoms with Gasteiger partial charge in [0.05, 0.1) is 17.6 Å². The highest BCUT2D eigenvalue weighted by Gasteiger charge is 2.22. The van der Waals surface area contributed by atoms with Gasteiger partial charge in [-0.05, 0) is 24.1 Å². The number of carbonyl (C=O) groups excluding carboxylic acids is 1. The van der Waals surface area contributed by atoms with Gasteiger partial charge in [0.2, 0.25) is 10.0 Å². The van der Waals surface area contributed by atoms with Crippen molar-refractivity contribution >= 4 is 15.9 Å². The summed E-state index contributed by atoms with van der Waals surface area (Å²) < 4.78 is 31.3. The van der Waals surface area contributed by atoms with Crippen LogP contribution in [0.25, 0.3) is 0 Å². The van der Waals surface area contributed by atoms with Gasteiger partial charge in [0.25, 0.3) is 5.91 Å². The third-order valence-electron chi connectivity index (χ3n) is 4.21. The zero-order chi connectivity index (χ0) is 19.3. The molecule has 2 rings (SSSR count). The van der Waals surface area contributed by atoms with E-state index in [1.165, 1.54) is 26.2 Å². The lowest BCUT2D eigenvalue weighted by atomic mass is 10.1. The van der Waals surface area contributed by atoms with E-state index in [4.69, 9.17) is 4.74 Å². The number of morpholine rings is 1. The van der Waals surface area contributed by atoms with Crippen LogP contribution in [0.15, 0.2) is 29.2 Å². The molecule has 1 saturated heterocycles. The van der Waals surface area contributed by atoms with Gasteiger partial charge in [0.15, 0.2) is 0 Å². The first-order chi connectivity index (χ1) is 12.2. The van der Waals surface area contributed by atoms with Crippen molar-refractivity contribution < 1.29 is 17.9 Å². The monoisotopic (exact) mass is 383 g/mol. The number of ether oxygens (including phenoxy) is 1. The zero-order valence-corrected chi connectivity index (χ0v) is 16.8. The first-order valence-electron chi connectivity index (χ1n) is 8.85. The summed E-state index contributed by atoms with van der Waals surface area (Å²) in [6.07, 6.45) is -0.0554. The molecule has 7 nitrogen and oxygen atoms in total. The molecule has 8 heteroatoms. The van der Waals surface area contributed by atoms with Crippen LogP contribution in [0.1, 0.15) is 24.2 Å². The number of nitrogens with one attached hydrogen (secondary N) is 1. The molecular weight excluding hydrogens is 354 g/mol. The molecule has 1 heterocycles. The Labute approximate surface area is 156 Å². The van der Waals surface area contributed by atoms with Crippen LogP contribution in [0.4, 0.5) is 0 Å². The van der Waals surface area contributed by atoms with Crippen LogP contribution in [0.2, 0.25) is 0 Å². The van der Waals surface area contributed by atoms with Crippen molar-refractivity contribution in [2.24, 2.45) is 5.92 Å². The summed E-state index contributed by atoms with van der Waals surface area (Å²) in [6.45, 7) is 8.13. The topological polar surface area (TPSA) is 79.0 Å². The quantitative estimate of drug-likeness (QED) is 0.761. The second-order valence-corrected chi connectivity index (χ2v) is 9.32. The van der Waals surface area contributed by atoms with E-state index in [-0.39, 0.29) is 16.9 Å². The normalized spacial score (nSPS) is 19.1. The highest BCUT2D eigenvalue weighted by atomic mass is 32.2. The molecule has 1 aliphatic rings. The summed E-state index contributed by atoms with van der Waals surface area (Å²) in [4.78, 5) is 14.9. The van der Waals surface area contributed by atoms with E-state index in [1.807, 2.05) is 0 Å². The number of nitrogens with zero attached hydrogens (tertiary/aromatic N) is 2. The van der Waals surface area contributed by atoms with Crippen LogP contribution in [-0.4, -0.2) is 76.5 Å². The Balaban J connectivity index is 1.96. The third-order valence-corrected chi connectivity index (χ3v) is 6.02. The van der Waals surface area contributed by atoms with E-state index in [1.54, 1.807) is 12.1 Å². The Morgan fingerprint density at radius 1 is 1.38 bits per heavy atom. The first-order valence-corrected chi connectivity index (χ1v) is 10.3. The molecule has 0 saturated carbocycles. The van der Waals surface area contributed by atoms with Crippen LogP contribution in [0, 0.1) is 5.92 Å².